The molecule has 2 aromatic carbocycles. The monoisotopic (exact) mass is 421 g/mol. The maximum atomic E-state index is 12.9. The van der Waals surface area contributed by atoms with Crippen LogP contribution in [0.15, 0.2) is 36.4 Å². The molecule has 1 aliphatic rings. The third-order valence-corrected chi connectivity index (χ3v) is 6.30. The molecule has 0 saturated carbocycles. The van der Waals surface area contributed by atoms with Gasteiger partial charge in [0.1, 0.15) is 0 Å². The molecule has 4 rings (SSSR count). The number of hydrogen-bond donors (Lipinski definition) is 1. The lowest BCUT2D eigenvalue weighted by molar-refractivity contribution is -0.149. The van der Waals surface area contributed by atoms with Crippen LogP contribution in [-0.2, 0) is 9.53 Å². The first kappa shape index (κ1) is 21.2. The molecule has 2 amide bonds. The lowest BCUT2D eigenvalue weighted by Gasteiger charge is -2.31. The van der Waals surface area contributed by atoms with Crippen LogP contribution in [0, 0.1) is 12.8 Å². The Labute approximate surface area is 183 Å². The van der Waals surface area contributed by atoms with Crippen molar-refractivity contribution in [3.8, 4) is 0 Å². The molecule has 0 atom stereocenters. The van der Waals surface area contributed by atoms with Crippen LogP contribution in [0.25, 0.3) is 21.8 Å². The number of fused-ring (bicyclic) bond motifs is 3. The molecular weight excluding hydrogens is 390 g/mol. The topological polar surface area (TPSA) is 63.6 Å². The van der Waals surface area contributed by atoms with E-state index < -0.39 is 0 Å². The number of para-hydroxylation sites is 1. The van der Waals surface area contributed by atoms with Crippen molar-refractivity contribution < 1.29 is 14.3 Å². The zero-order valence-electron chi connectivity index (χ0n) is 18.8. The number of aromatic nitrogens is 1. The van der Waals surface area contributed by atoms with Crippen LogP contribution in [0.3, 0.4) is 0 Å². The number of likely N-dealkylation sites (tertiary alicyclic amines) is 1. The van der Waals surface area contributed by atoms with Crippen LogP contribution in [0.5, 0.6) is 0 Å². The average Bonchev–Trinajstić information content (AvgIpc) is 3.11. The molecule has 0 bridgehead atoms. The normalized spacial score (nSPS) is 15.1. The molecule has 3 aromatic rings. The second-order valence-corrected chi connectivity index (χ2v) is 8.56. The first-order chi connectivity index (χ1) is 14.9. The van der Waals surface area contributed by atoms with Gasteiger partial charge in [0.15, 0.2) is 0 Å². The average molecular weight is 422 g/mol. The number of nitrogens with one attached hydrogen (secondary N) is 1. The molecule has 6 nitrogen and oxygen atoms in total. The maximum absolute atomic E-state index is 12.9. The third-order valence-electron chi connectivity index (χ3n) is 6.30. The number of hydrogen-bond acceptors (Lipinski definition) is 3. The quantitative estimate of drug-likeness (QED) is 0.567. The van der Waals surface area contributed by atoms with E-state index >= 15 is 0 Å². The molecule has 6 heteroatoms. The summed E-state index contributed by atoms with van der Waals surface area (Å²) in [4.78, 5) is 26.7. The second-order valence-electron chi connectivity index (χ2n) is 8.56. The van der Waals surface area contributed by atoms with Crippen molar-refractivity contribution in [2.45, 2.75) is 46.6 Å². The molecule has 31 heavy (non-hydrogen) atoms. The van der Waals surface area contributed by atoms with Gasteiger partial charge in [-0.2, -0.15) is 0 Å². The van der Waals surface area contributed by atoms with E-state index in [2.05, 4.69) is 61.0 Å². The molecule has 0 radical (unpaired) electrons. The highest BCUT2D eigenvalue weighted by molar-refractivity contribution is 6.12. The van der Waals surface area contributed by atoms with E-state index in [0.717, 1.165) is 11.3 Å². The number of nitrogens with zero attached hydrogens (tertiary/aromatic N) is 2. The lowest BCUT2D eigenvalue weighted by Crippen LogP contribution is -2.42. The number of piperidine rings is 1. The van der Waals surface area contributed by atoms with Gasteiger partial charge >= 0.3 is 12.0 Å². The van der Waals surface area contributed by atoms with Gasteiger partial charge in [-0.15, -0.1) is 0 Å². The predicted molar refractivity (Wildman–Crippen MR) is 125 cm³/mol. The largest absolute Gasteiger partial charge is 0.466 e. The summed E-state index contributed by atoms with van der Waals surface area (Å²) in [6.07, 6.45) is 1.29. The van der Waals surface area contributed by atoms with Crippen LogP contribution in [0.1, 0.15) is 45.2 Å². The number of amides is 2. The summed E-state index contributed by atoms with van der Waals surface area (Å²) >= 11 is 0. The Morgan fingerprint density at radius 2 is 1.81 bits per heavy atom. The molecule has 1 aliphatic heterocycles. The van der Waals surface area contributed by atoms with Crippen LogP contribution < -0.4 is 5.32 Å². The van der Waals surface area contributed by atoms with Crippen molar-refractivity contribution in [1.29, 1.82) is 0 Å². The van der Waals surface area contributed by atoms with Crippen LogP contribution >= 0.6 is 0 Å². The SMILES string of the molecule is CCOC(=O)C1CCN(C(=O)Nc2ccc3c(c2C)c2ccccc2n3C(C)C)CC1. The van der Waals surface area contributed by atoms with Crippen molar-refractivity contribution in [2.24, 2.45) is 5.92 Å². The van der Waals surface area contributed by atoms with E-state index in [0.29, 0.717) is 38.6 Å². The Kier molecular flexibility index (Phi) is 5.90. The Morgan fingerprint density at radius 1 is 1.10 bits per heavy atom. The van der Waals surface area contributed by atoms with Gasteiger partial charge in [0.2, 0.25) is 0 Å². The van der Waals surface area contributed by atoms with E-state index in [1.807, 2.05) is 13.0 Å². The highest BCUT2D eigenvalue weighted by atomic mass is 16.5. The van der Waals surface area contributed by atoms with Crippen LogP contribution in [0.2, 0.25) is 0 Å². The van der Waals surface area contributed by atoms with E-state index in [-0.39, 0.29) is 17.9 Å². The van der Waals surface area contributed by atoms with Gasteiger partial charge < -0.3 is 19.5 Å². The van der Waals surface area contributed by atoms with Crippen molar-refractivity contribution in [3.63, 3.8) is 0 Å². The minimum atomic E-state index is -0.148. The number of carbonyl (C=O) groups excluding carboxylic acids is 2. The summed E-state index contributed by atoms with van der Waals surface area (Å²) in [6, 6.07) is 12.8. The molecular formula is C25H31N3O3. The van der Waals surface area contributed by atoms with E-state index in [9.17, 15) is 9.59 Å². The minimum Gasteiger partial charge on any atom is -0.466 e. The standard InChI is InChI=1S/C25H31N3O3/c1-5-31-24(29)18-12-14-27(15-13-18)25(30)26-20-10-11-22-23(17(20)4)19-8-6-7-9-21(19)28(22)16(2)3/h6-11,16,18H,5,12-15H2,1-4H3,(H,26,30). The van der Waals surface area contributed by atoms with Gasteiger partial charge in [0, 0.05) is 46.6 Å². The summed E-state index contributed by atoms with van der Waals surface area (Å²) in [5, 5.41) is 5.49. The number of aryl methyl sites for hydroxylation is 1. The Bertz CT molecular complexity index is 1120. The summed E-state index contributed by atoms with van der Waals surface area (Å²) in [5.74, 6) is -0.255. The molecule has 0 spiro atoms. The number of anilines is 1. The molecule has 0 unspecified atom stereocenters. The zero-order valence-corrected chi connectivity index (χ0v) is 18.8. The molecule has 0 aliphatic carbocycles. The van der Waals surface area contributed by atoms with Gasteiger partial charge in [-0.25, -0.2) is 4.79 Å². The van der Waals surface area contributed by atoms with E-state index in [1.165, 1.54) is 21.8 Å². The smallest absolute Gasteiger partial charge is 0.321 e. The number of ether oxygens (including phenoxy) is 1. The lowest BCUT2D eigenvalue weighted by atomic mass is 9.97. The predicted octanol–water partition coefficient (Wildman–Crippen LogP) is 5.49. The van der Waals surface area contributed by atoms with Gasteiger partial charge in [0.25, 0.3) is 0 Å². The van der Waals surface area contributed by atoms with Gasteiger partial charge in [0.05, 0.1) is 12.5 Å². The third kappa shape index (κ3) is 3.87. The number of urea groups is 1. The molecule has 1 N–H and O–H groups in total. The molecule has 1 aromatic heterocycles. The van der Waals surface area contributed by atoms with Crippen molar-refractivity contribution in [1.82, 2.24) is 9.47 Å². The summed E-state index contributed by atoms with van der Waals surface area (Å²) in [5.41, 5.74) is 4.29. The van der Waals surface area contributed by atoms with Crippen molar-refractivity contribution in [3.05, 3.63) is 42.0 Å². The first-order valence-corrected chi connectivity index (χ1v) is 11.2. The highest BCUT2D eigenvalue weighted by Crippen LogP contribution is 2.36. The Hall–Kier alpha value is -3.02. The van der Waals surface area contributed by atoms with E-state index in [1.54, 1.807) is 4.90 Å². The van der Waals surface area contributed by atoms with Gasteiger partial charge in [-0.1, -0.05) is 18.2 Å². The van der Waals surface area contributed by atoms with Crippen molar-refractivity contribution >= 4 is 39.5 Å². The van der Waals surface area contributed by atoms with Gasteiger partial charge in [-0.3, -0.25) is 4.79 Å². The number of carbonyl (C=O) groups is 2. The second kappa shape index (κ2) is 8.61. The Morgan fingerprint density at radius 3 is 2.48 bits per heavy atom. The number of rotatable bonds is 4. The molecule has 164 valence electrons. The zero-order chi connectivity index (χ0) is 22.1. The molecule has 1 saturated heterocycles. The fraction of sp³-hybridized carbons (Fsp3) is 0.440. The molecule has 1 fully saturated rings. The first-order valence-electron chi connectivity index (χ1n) is 11.2. The summed E-state index contributed by atoms with van der Waals surface area (Å²) < 4.78 is 7.47. The number of benzene rings is 2. The molecule has 2 heterocycles. The Balaban J connectivity index is 1.57. The fourth-order valence-electron chi connectivity index (χ4n) is 4.73. The van der Waals surface area contributed by atoms with Crippen LogP contribution in [-0.4, -0.2) is 41.2 Å². The van der Waals surface area contributed by atoms with Gasteiger partial charge in [-0.05, 0) is 64.3 Å². The van der Waals surface area contributed by atoms with E-state index in [4.69, 9.17) is 4.74 Å². The highest BCUT2D eigenvalue weighted by Gasteiger charge is 2.28. The fourth-order valence-corrected chi connectivity index (χ4v) is 4.73. The maximum Gasteiger partial charge on any atom is 0.321 e. The summed E-state index contributed by atoms with van der Waals surface area (Å²) in [6.45, 7) is 9.79. The van der Waals surface area contributed by atoms with Crippen molar-refractivity contribution in [2.75, 3.05) is 25.0 Å². The minimum absolute atomic E-state index is 0.107. The van der Waals surface area contributed by atoms with Crippen LogP contribution in [0.4, 0.5) is 10.5 Å². The summed E-state index contributed by atoms with van der Waals surface area (Å²) in [7, 11) is 0. The number of esters is 1.